The summed E-state index contributed by atoms with van der Waals surface area (Å²) in [7, 11) is 0. The molecule has 5 heteroatoms. The van der Waals surface area contributed by atoms with Gasteiger partial charge >= 0.3 is 5.97 Å². The van der Waals surface area contributed by atoms with Crippen molar-refractivity contribution in [3.05, 3.63) is 83.7 Å². The maximum absolute atomic E-state index is 12.9. The summed E-state index contributed by atoms with van der Waals surface area (Å²) in [4.78, 5) is 17.9. The number of benzene rings is 3. The number of aryl methyl sites for hydroxylation is 1. The van der Waals surface area contributed by atoms with Gasteiger partial charge < -0.3 is 14.6 Å². The van der Waals surface area contributed by atoms with E-state index in [0.717, 1.165) is 48.3 Å². The Labute approximate surface area is 239 Å². The van der Waals surface area contributed by atoms with Gasteiger partial charge in [0.2, 0.25) is 0 Å². The third-order valence-corrected chi connectivity index (χ3v) is 7.71. The topological polar surface area (TPSA) is 56.2 Å². The lowest BCUT2D eigenvalue weighted by Crippen LogP contribution is -2.24. The number of fused-ring (bicyclic) bond motifs is 1. The zero-order valence-electron chi connectivity index (χ0n) is 24.5. The van der Waals surface area contributed by atoms with Crippen molar-refractivity contribution < 1.29 is 9.53 Å². The lowest BCUT2D eigenvalue weighted by molar-refractivity contribution is 0.00704. The van der Waals surface area contributed by atoms with E-state index in [0.29, 0.717) is 11.6 Å². The van der Waals surface area contributed by atoms with Gasteiger partial charge in [0, 0.05) is 24.7 Å². The van der Waals surface area contributed by atoms with Crippen molar-refractivity contribution in [2.45, 2.75) is 97.2 Å². The van der Waals surface area contributed by atoms with Gasteiger partial charge in [-0.05, 0) is 81.0 Å². The molecule has 0 bridgehead atoms. The number of anilines is 1. The molecule has 5 nitrogen and oxygen atoms in total. The minimum Gasteiger partial charge on any atom is -0.456 e. The van der Waals surface area contributed by atoms with Gasteiger partial charge in [-0.1, -0.05) is 75.1 Å². The minimum atomic E-state index is -0.539. The van der Waals surface area contributed by atoms with Crippen LogP contribution >= 0.6 is 0 Å². The molecule has 1 aliphatic carbocycles. The highest BCUT2D eigenvalue weighted by atomic mass is 16.6. The molecule has 40 heavy (non-hydrogen) atoms. The average Bonchev–Trinajstić information content (AvgIpc) is 3.28. The molecule has 4 aromatic rings. The summed E-state index contributed by atoms with van der Waals surface area (Å²) in [6.45, 7) is 8.67. The predicted octanol–water partition coefficient (Wildman–Crippen LogP) is 8.79. The zero-order chi connectivity index (χ0) is 28.1. The highest BCUT2D eigenvalue weighted by Gasteiger charge is 2.21. The highest BCUT2D eigenvalue weighted by molar-refractivity contribution is 5.97. The van der Waals surface area contributed by atoms with E-state index in [9.17, 15) is 4.79 Å². The largest absolute Gasteiger partial charge is 0.456 e. The van der Waals surface area contributed by atoms with Crippen LogP contribution in [0, 0.1) is 0 Å². The maximum Gasteiger partial charge on any atom is 0.339 e. The Morgan fingerprint density at radius 1 is 1.00 bits per heavy atom. The Hall–Kier alpha value is -3.60. The molecular formula is C35H43N3O2. The van der Waals surface area contributed by atoms with E-state index in [1.807, 2.05) is 45.0 Å². The lowest BCUT2D eigenvalue weighted by Gasteiger charge is -2.24. The molecule has 1 saturated carbocycles. The molecular weight excluding hydrogens is 494 g/mol. The Morgan fingerprint density at radius 2 is 1.75 bits per heavy atom. The Morgan fingerprint density at radius 3 is 2.48 bits per heavy atom. The van der Waals surface area contributed by atoms with Crippen molar-refractivity contribution in [1.29, 1.82) is 0 Å². The van der Waals surface area contributed by atoms with Crippen molar-refractivity contribution in [1.82, 2.24) is 9.55 Å². The first kappa shape index (κ1) is 27.9. The van der Waals surface area contributed by atoms with E-state index in [4.69, 9.17) is 9.72 Å². The molecule has 0 aliphatic heterocycles. The van der Waals surface area contributed by atoms with E-state index in [1.165, 1.54) is 48.9 Å². The van der Waals surface area contributed by atoms with E-state index >= 15 is 0 Å². The summed E-state index contributed by atoms with van der Waals surface area (Å²) >= 11 is 0. The molecule has 0 spiro atoms. The van der Waals surface area contributed by atoms with Crippen molar-refractivity contribution in [3.63, 3.8) is 0 Å². The Bertz CT molecular complexity index is 1440. The molecule has 0 radical (unpaired) electrons. The van der Waals surface area contributed by atoms with Gasteiger partial charge in [0.05, 0.1) is 16.6 Å². The molecule has 0 amide bonds. The van der Waals surface area contributed by atoms with Crippen LogP contribution in [0.3, 0.4) is 0 Å². The van der Waals surface area contributed by atoms with Crippen molar-refractivity contribution >= 4 is 22.7 Å². The number of unbranched alkanes of at least 4 members (excludes halogenated alkanes) is 1. The molecule has 3 aromatic carbocycles. The molecule has 1 fully saturated rings. The second-order valence-corrected chi connectivity index (χ2v) is 12.1. The van der Waals surface area contributed by atoms with Gasteiger partial charge in [0.15, 0.2) is 0 Å². The first-order valence-corrected chi connectivity index (χ1v) is 15.0. The lowest BCUT2D eigenvalue weighted by atomic mass is 9.95. The quantitative estimate of drug-likeness (QED) is 0.217. The number of hydrogen-bond acceptors (Lipinski definition) is 4. The maximum atomic E-state index is 12.9. The second kappa shape index (κ2) is 12.3. The van der Waals surface area contributed by atoms with Crippen LogP contribution in [0.5, 0.6) is 0 Å². The number of carbonyl (C=O) groups is 1. The summed E-state index contributed by atoms with van der Waals surface area (Å²) in [5, 5.41) is 3.79. The van der Waals surface area contributed by atoms with Crippen LogP contribution in [-0.2, 0) is 17.7 Å². The minimum absolute atomic E-state index is 0.296. The number of aromatic nitrogens is 2. The molecule has 1 aromatic heterocycles. The number of imidazole rings is 1. The fraction of sp³-hybridized carbons (Fsp3) is 0.429. The SMILES string of the molecule is CCCCc1nc2ccc(NC3CCCCC3)cc2n1Cc1ccc(-c2ccccc2C(=O)OC(C)(C)C)cc1. The van der Waals surface area contributed by atoms with Crippen LogP contribution in [0.15, 0.2) is 66.7 Å². The fourth-order valence-electron chi connectivity index (χ4n) is 5.67. The van der Waals surface area contributed by atoms with Crippen LogP contribution in [0.2, 0.25) is 0 Å². The predicted molar refractivity (Wildman–Crippen MR) is 165 cm³/mol. The standard InChI is InChI=1S/C35H43N3O2/c1-5-6-16-33-37-31-22-21-28(36-27-12-8-7-9-13-27)23-32(31)38(33)24-25-17-19-26(20-18-25)29-14-10-11-15-30(29)34(39)40-35(2,3)4/h10-11,14-15,17-23,27,36H,5-9,12-13,16,24H2,1-4H3. The molecule has 210 valence electrons. The van der Waals surface area contributed by atoms with Crippen LogP contribution in [0.25, 0.3) is 22.2 Å². The van der Waals surface area contributed by atoms with Crippen LogP contribution in [0.4, 0.5) is 5.69 Å². The Kier molecular flexibility index (Phi) is 8.58. The van der Waals surface area contributed by atoms with E-state index in [1.54, 1.807) is 0 Å². The summed E-state index contributed by atoms with van der Waals surface area (Å²) in [6, 6.07) is 23.5. The van der Waals surface area contributed by atoms with Gasteiger partial charge in [-0.25, -0.2) is 9.78 Å². The molecule has 0 saturated heterocycles. The van der Waals surface area contributed by atoms with Gasteiger partial charge in [0.1, 0.15) is 11.4 Å². The number of ether oxygens (including phenoxy) is 1. The first-order chi connectivity index (χ1) is 19.3. The fourth-order valence-corrected chi connectivity index (χ4v) is 5.67. The van der Waals surface area contributed by atoms with Crippen LogP contribution < -0.4 is 5.32 Å². The van der Waals surface area contributed by atoms with Crippen LogP contribution in [-0.4, -0.2) is 27.2 Å². The zero-order valence-corrected chi connectivity index (χ0v) is 24.5. The monoisotopic (exact) mass is 537 g/mol. The highest BCUT2D eigenvalue weighted by Crippen LogP contribution is 2.29. The number of carbonyl (C=O) groups excluding carboxylic acids is 1. The third kappa shape index (κ3) is 6.75. The number of rotatable bonds is 9. The van der Waals surface area contributed by atoms with E-state index < -0.39 is 5.60 Å². The summed E-state index contributed by atoms with van der Waals surface area (Å²) in [5.41, 5.74) is 6.59. The third-order valence-electron chi connectivity index (χ3n) is 7.71. The summed E-state index contributed by atoms with van der Waals surface area (Å²) in [6.07, 6.45) is 9.73. The van der Waals surface area contributed by atoms with Gasteiger partial charge in [-0.2, -0.15) is 0 Å². The average molecular weight is 538 g/mol. The summed E-state index contributed by atoms with van der Waals surface area (Å²) in [5.74, 6) is 0.848. The van der Waals surface area contributed by atoms with Crippen molar-refractivity contribution in [2.24, 2.45) is 0 Å². The molecule has 0 atom stereocenters. The molecule has 0 unspecified atom stereocenters. The van der Waals surface area contributed by atoms with E-state index in [2.05, 4.69) is 59.3 Å². The van der Waals surface area contributed by atoms with Crippen molar-refractivity contribution in [3.8, 4) is 11.1 Å². The molecule has 1 heterocycles. The number of esters is 1. The molecule has 1 aliphatic rings. The first-order valence-electron chi connectivity index (χ1n) is 15.0. The van der Waals surface area contributed by atoms with Gasteiger partial charge in [0.25, 0.3) is 0 Å². The number of nitrogens with one attached hydrogen (secondary N) is 1. The van der Waals surface area contributed by atoms with Crippen molar-refractivity contribution in [2.75, 3.05) is 5.32 Å². The van der Waals surface area contributed by atoms with Gasteiger partial charge in [-0.3, -0.25) is 0 Å². The smallest absolute Gasteiger partial charge is 0.339 e. The summed E-state index contributed by atoms with van der Waals surface area (Å²) < 4.78 is 8.06. The Balaban J connectivity index is 1.41. The number of nitrogens with zero attached hydrogens (tertiary/aromatic N) is 2. The van der Waals surface area contributed by atoms with E-state index in [-0.39, 0.29) is 5.97 Å². The molecule has 1 N–H and O–H groups in total. The van der Waals surface area contributed by atoms with Crippen LogP contribution in [0.1, 0.15) is 94.4 Å². The molecule has 5 rings (SSSR count). The normalized spacial score (nSPS) is 14.4. The second-order valence-electron chi connectivity index (χ2n) is 12.1. The number of hydrogen-bond donors (Lipinski definition) is 1. The van der Waals surface area contributed by atoms with Gasteiger partial charge in [-0.15, -0.1) is 0 Å².